The van der Waals surface area contributed by atoms with Crippen molar-refractivity contribution in [3.8, 4) is 0 Å². The van der Waals surface area contributed by atoms with Crippen molar-refractivity contribution in [2.75, 3.05) is 31.3 Å². The maximum atomic E-state index is 11.7. The number of rotatable bonds is 7. The van der Waals surface area contributed by atoms with Crippen LogP contribution in [0.25, 0.3) is 0 Å². The molecule has 0 aliphatic heterocycles. The van der Waals surface area contributed by atoms with Gasteiger partial charge in [-0.05, 0) is 56.4 Å². The van der Waals surface area contributed by atoms with E-state index in [0.717, 1.165) is 22.5 Å². The molecule has 128 valence electrons. The Morgan fingerprint density at radius 1 is 1.12 bits per heavy atom. The Hall–Kier alpha value is -2.37. The number of nitrogens with zero attached hydrogens (tertiary/aromatic N) is 1. The Kier molecular flexibility index (Phi) is 6.35. The smallest absolute Gasteiger partial charge is 0.238 e. The van der Waals surface area contributed by atoms with E-state index in [-0.39, 0.29) is 18.6 Å². The van der Waals surface area contributed by atoms with Crippen molar-refractivity contribution in [2.45, 2.75) is 19.6 Å². The lowest BCUT2D eigenvalue weighted by atomic mass is 10.1. The van der Waals surface area contributed by atoms with Crippen LogP contribution >= 0.6 is 0 Å². The number of anilines is 2. The van der Waals surface area contributed by atoms with Gasteiger partial charge in [-0.15, -0.1) is 0 Å². The van der Waals surface area contributed by atoms with E-state index in [4.69, 9.17) is 0 Å². The summed E-state index contributed by atoms with van der Waals surface area (Å²) in [5.41, 5.74) is 3.77. The maximum absolute atomic E-state index is 11.7. The van der Waals surface area contributed by atoms with Crippen LogP contribution in [0.3, 0.4) is 0 Å². The zero-order chi connectivity index (χ0) is 17.5. The van der Waals surface area contributed by atoms with E-state index >= 15 is 0 Å². The van der Waals surface area contributed by atoms with Gasteiger partial charge in [0.15, 0.2) is 0 Å². The van der Waals surface area contributed by atoms with E-state index in [1.54, 1.807) is 0 Å². The fourth-order valence-electron chi connectivity index (χ4n) is 2.43. The topological polar surface area (TPSA) is 64.6 Å². The van der Waals surface area contributed by atoms with Crippen LogP contribution in [-0.2, 0) is 11.4 Å². The minimum atomic E-state index is -0.0325. The number of aliphatic hydroxyl groups excluding tert-OH is 1. The molecule has 2 aromatic carbocycles. The number of carbonyl (C=O) groups is 1. The monoisotopic (exact) mass is 327 g/mol. The summed E-state index contributed by atoms with van der Waals surface area (Å²) in [6, 6.07) is 15.6. The van der Waals surface area contributed by atoms with Gasteiger partial charge in [-0.25, -0.2) is 0 Å². The highest BCUT2D eigenvalue weighted by atomic mass is 16.3. The molecule has 0 saturated carbocycles. The molecule has 2 rings (SSSR count). The second kappa shape index (κ2) is 8.47. The molecular formula is C19H25N3O2. The van der Waals surface area contributed by atoms with Gasteiger partial charge in [-0.1, -0.05) is 24.3 Å². The normalized spacial score (nSPS) is 12.0. The molecule has 24 heavy (non-hydrogen) atoms. The Morgan fingerprint density at radius 2 is 1.79 bits per heavy atom. The van der Waals surface area contributed by atoms with E-state index in [1.165, 1.54) is 0 Å². The van der Waals surface area contributed by atoms with Crippen LogP contribution in [0, 0.1) is 0 Å². The molecule has 0 radical (unpaired) electrons. The Morgan fingerprint density at radius 3 is 2.42 bits per heavy atom. The minimum Gasteiger partial charge on any atom is -0.392 e. The first-order chi connectivity index (χ1) is 11.5. The lowest BCUT2D eigenvalue weighted by Gasteiger charge is -2.17. The predicted molar refractivity (Wildman–Crippen MR) is 98.0 cm³/mol. The van der Waals surface area contributed by atoms with Crippen molar-refractivity contribution in [2.24, 2.45) is 0 Å². The standard InChI is InChI=1S/C19H25N3O2/c1-14(16-6-4-5-15(11-16)13-23)20-17-7-9-18(10-8-17)21-19(24)12-22(2)3/h4-11,14,20,23H,12-13H2,1-3H3,(H,21,24). The molecule has 0 fully saturated rings. The molecule has 0 saturated heterocycles. The summed E-state index contributed by atoms with van der Waals surface area (Å²) in [4.78, 5) is 13.6. The first kappa shape index (κ1) is 18.0. The number of benzene rings is 2. The number of likely N-dealkylation sites (N-methyl/N-ethyl adjacent to an activating group) is 1. The van der Waals surface area contributed by atoms with Crippen molar-refractivity contribution in [3.63, 3.8) is 0 Å². The summed E-state index contributed by atoms with van der Waals surface area (Å²) in [5.74, 6) is -0.0325. The first-order valence-corrected chi connectivity index (χ1v) is 7.99. The predicted octanol–water partition coefficient (Wildman–Crippen LogP) is 2.85. The molecule has 1 unspecified atom stereocenters. The third kappa shape index (κ3) is 5.37. The van der Waals surface area contributed by atoms with E-state index in [0.29, 0.717) is 6.54 Å². The SMILES string of the molecule is CC(Nc1ccc(NC(=O)CN(C)C)cc1)c1cccc(CO)c1. The van der Waals surface area contributed by atoms with E-state index in [2.05, 4.69) is 17.6 Å². The zero-order valence-corrected chi connectivity index (χ0v) is 14.4. The Bertz CT molecular complexity index is 669. The number of nitrogens with one attached hydrogen (secondary N) is 2. The van der Waals surface area contributed by atoms with E-state index < -0.39 is 0 Å². The third-order valence-electron chi connectivity index (χ3n) is 3.65. The van der Waals surface area contributed by atoms with Crippen molar-refractivity contribution < 1.29 is 9.90 Å². The summed E-state index contributed by atoms with van der Waals surface area (Å²) >= 11 is 0. The highest BCUT2D eigenvalue weighted by molar-refractivity contribution is 5.92. The molecule has 0 spiro atoms. The minimum absolute atomic E-state index is 0.0325. The van der Waals surface area contributed by atoms with Crippen LogP contribution < -0.4 is 10.6 Å². The second-order valence-corrected chi connectivity index (χ2v) is 6.13. The van der Waals surface area contributed by atoms with E-state index in [1.807, 2.05) is 67.5 Å². The summed E-state index contributed by atoms with van der Waals surface area (Å²) in [7, 11) is 3.72. The number of hydrogen-bond acceptors (Lipinski definition) is 4. The van der Waals surface area contributed by atoms with Crippen molar-refractivity contribution in [1.29, 1.82) is 0 Å². The molecule has 2 aromatic rings. The molecule has 0 aliphatic rings. The summed E-state index contributed by atoms with van der Waals surface area (Å²) < 4.78 is 0. The van der Waals surface area contributed by atoms with Crippen LogP contribution in [0.5, 0.6) is 0 Å². The average molecular weight is 327 g/mol. The molecular weight excluding hydrogens is 302 g/mol. The molecule has 5 heteroatoms. The third-order valence-corrected chi connectivity index (χ3v) is 3.65. The Balaban J connectivity index is 1.96. The van der Waals surface area contributed by atoms with Crippen LogP contribution in [0.1, 0.15) is 24.1 Å². The lowest BCUT2D eigenvalue weighted by Crippen LogP contribution is -2.27. The van der Waals surface area contributed by atoms with Crippen molar-refractivity contribution in [1.82, 2.24) is 4.90 Å². The van der Waals surface area contributed by atoms with Crippen LogP contribution in [0.15, 0.2) is 48.5 Å². The lowest BCUT2D eigenvalue weighted by molar-refractivity contribution is -0.116. The fourth-order valence-corrected chi connectivity index (χ4v) is 2.43. The fraction of sp³-hybridized carbons (Fsp3) is 0.316. The molecule has 3 N–H and O–H groups in total. The van der Waals surface area contributed by atoms with Crippen LogP contribution in [0.2, 0.25) is 0 Å². The van der Waals surface area contributed by atoms with Gasteiger partial charge in [0.2, 0.25) is 5.91 Å². The maximum Gasteiger partial charge on any atom is 0.238 e. The first-order valence-electron chi connectivity index (χ1n) is 7.99. The van der Waals surface area contributed by atoms with Crippen LogP contribution in [-0.4, -0.2) is 36.6 Å². The van der Waals surface area contributed by atoms with Crippen LogP contribution in [0.4, 0.5) is 11.4 Å². The molecule has 1 amide bonds. The molecule has 0 bridgehead atoms. The number of hydrogen-bond donors (Lipinski definition) is 3. The number of amides is 1. The van der Waals surface area contributed by atoms with Gasteiger partial charge < -0.3 is 20.6 Å². The number of carbonyl (C=O) groups excluding carboxylic acids is 1. The quantitative estimate of drug-likeness (QED) is 0.732. The van der Waals surface area contributed by atoms with Gasteiger partial charge in [0.25, 0.3) is 0 Å². The average Bonchev–Trinajstić information content (AvgIpc) is 2.56. The molecule has 1 atom stereocenters. The van der Waals surface area contributed by atoms with Gasteiger partial charge in [-0.2, -0.15) is 0 Å². The molecule has 5 nitrogen and oxygen atoms in total. The summed E-state index contributed by atoms with van der Waals surface area (Å²) in [5, 5.41) is 15.5. The summed E-state index contributed by atoms with van der Waals surface area (Å²) in [6.07, 6.45) is 0. The highest BCUT2D eigenvalue weighted by Crippen LogP contribution is 2.21. The molecule has 0 aliphatic carbocycles. The second-order valence-electron chi connectivity index (χ2n) is 6.13. The summed E-state index contributed by atoms with van der Waals surface area (Å²) in [6.45, 7) is 2.48. The van der Waals surface area contributed by atoms with Gasteiger partial charge >= 0.3 is 0 Å². The zero-order valence-electron chi connectivity index (χ0n) is 14.4. The number of aliphatic hydroxyl groups is 1. The molecule has 0 heterocycles. The Labute approximate surface area is 143 Å². The van der Waals surface area contributed by atoms with Crippen molar-refractivity contribution >= 4 is 17.3 Å². The molecule has 0 aromatic heterocycles. The van der Waals surface area contributed by atoms with Gasteiger partial charge in [0.1, 0.15) is 0 Å². The van der Waals surface area contributed by atoms with Gasteiger partial charge in [0, 0.05) is 17.4 Å². The highest BCUT2D eigenvalue weighted by Gasteiger charge is 2.07. The van der Waals surface area contributed by atoms with Crippen molar-refractivity contribution in [3.05, 3.63) is 59.7 Å². The van der Waals surface area contributed by atoms with E-state index in [9.17, 15) is 9.90 Å². The van der Waals surface area contributed by atoms with Gasteiger partial charge in [0.05, 0.1) is 13.2 Å². The largest absolute Gasteiger partial charge is 0.392 e. The van der Waals surface area contributed by atoms with Gasteiger partial charge in [-0.3, -0.25) is 4.79 Å².